The number of rotatable bonds is 2. The fourth-order valence-corrected chi connectivity index (χ4v) is 1.54. The van der Waals surface area contributed by atoms with E-state index in [1.54, 1.807) is 0 Å². The second-order valence-electron chi connectivity index (χ2n) is 2.54. The highest BCUT2D eigenvalue weighted by molar-refractivity contribution is 6.99. The van der Waals surface area contributed by atoms with E-state index in [0.717, 1.165) is 12.1 Å². The highest BCUT2D eigenvalue weighted by Crippen LogP contribution is 2.19. The first-order chi connectivity index (χ1) is 4.75. The lowest BCUT2D eigenvalue weighted by atomic mass is 10.0. The summed E-state index contributed by atoms with van der Waals surface area (Å²) in [5, 5.41) is 0. The fourth-order valence-electron chi connectivity index (χ4n) is 0.878. The minimum Gasteiger partial charge on any atom is -0.178 e. The third-order valence-electron chi connectivity index (χ3n) is 1.77. The van der Waals surface area contributed by atoms with Crippen molar-refractivity contribution in [2.45, 2.75) is 33.1 Å². The zero-order chi connectivity index (χ0) is 7.56. The number of aryl methyl sites for hydroxylation is 1. The van der Waals surface area contributed by atoms with Crippen LogP contribution in [0.4, 0.5) is 0 Å². The average molecular weight is 156 g/mol. The largest absolute Gasteiger partial charge is 0.178 e. The highest BCUT2D eigenvalue weighted by Gasteiger charge is 2.09. The molecule has 0 N–H and O–H groups in total. The van der Waals surface area contributed by atoms with Crippen molar-refractivity contribution in [3.05, 3.63) is 11.4 Å². The summed E-state index contributed by atoms with van der Waals surface area (Å²) in [5.41, 5.74) is 2.27. The smallest absolute Gasteiger partial charge is 0.0800 e. The molecule has 0 radical (unpaired) electrons. The van der Waals surface area contributed by atoms with E-state index < -0.39 is 0 Å². The quantitative estimate of drug-likeness (QED) is 0.657. The van der Waals surface area contributed by atoms with Crippen molar-refractivity contribution in [2.24, 2.45) is 0 Å². The average Bonchev–Trinajstić information content (AvgIpc) is 2.34. The van der Waals surface area contributed by atoms with Crippen molar-refractivity contribution in [3.63, 3.8) is 0 Å². The van der Waals surface area contributed by atoms with Gasteiger partial charge in [-0.05, 0) is 13.3 Å². The summed E-state index contributed by atoms with van der Waals surface area (Å²) in [6.07, 6.45) is 1.15. The van der Waals surface area contributed by atoms with Gasteiger partial charge in [0.15, 0.2) is 0 Å². The number of nitrogens with zero attached hydrogens (tertiary/aromatic N) is 2. The molecule has 1 atom stereocenters. The maximum Gasteiger partial charge on any atom is 0.0800 e. The molecule has 1 aromatic rings. The van der Waals surface area contributed by atoms with E-state index in [0.29, 0.717) is 5.92 Å². The molecule has 0 aliphatic heterocycles. The maximum absolute atomic E-state index is 4.22. The van der Waals surface area contributed by atoms with Crippen LogP contribution >= 0.6 is 11.7 Å². The van der Waals surface area contributed by atoms with Crippen molar-refractivity contribution in [2.75, 3.05) is 0 Å². The second-order valence-corrected chi connectivity index (χ2v) is 3.07. The molecule has 10 heavy (non-hydrogen) atoms. The molecule has 0 aromatic carbocycles. The number of aromatic nitrogens is 2. The lowest BCUT2D eigenvalue weighted by Gasteiger charge is -2.02. The molecule has 0 aliphatic rings. The Morgan fingerprint density at radius 3 is 2.60 bits per heavy atom. The maximum atomic E-state index is 4.22. The molecule has 1 heterocycles. The Hall–Kier alpha value is -0.440. The van der Waals surface area contributed by atoms with Crippen LogP contribution in [-0.4, -0.2) is 8.75 Å². The van der Waals surface area contributed by atoms with Gasteiger partial charge in [0, 0.05) is 5.92 Å². The van der Waals surface area contributed by atoms with E-state index in [1.807, 2.05) is 6.92 Å². The fraction of sp³-hybridized carbons (Fsp3) is 0.714. The van der Waals surface area contributed by atoms with Gasteiger partial charge in [-0.15, -0.1) is 0 Å². The van der Waals surface area contributed by atoms with Crippen molar-refractivity contribution in [3.8, 4) is 0 Å². The minimum atomic E-state index is 0.568. The lowest BCUT2D eigenvalue weighted by molar-refractivity contribution is 0.710. The summed E-state index contributed by atoms with van der Waals surface area (Å²) in [6, 6.07) is 0. The summed E-state index contributed by atoms with van der Waals surface area (Å²) in [5.74, 6) is 0.568. The van der Waals surface area contributed by atoms with Gasteiger partial charge in [-0.1, -0.05) is 13.8 Å². The third-order valence-corrected chi connectivity index (χ3v) is 2.40. The first kappa shape index (κ1) is 7.66. The molecular weight excluding hydrogens is 144 g/mol. The summed E-state index contributed by atoms with van der Waals surface area (Å²) in [7, 11) is 0. The van der Waals surface area contributed by atoms with E-state index in [2.05, 4.69) is 22.6 Å². The molecule has 3 heteroatoms. The van der Waals surface area contributed by atoms with Crippen LogP contribution in [0.1, 0.15) is 37.6 Å². The van der Waals surface area contributed by atoms with E-state index >= 15 is 0 Å². The predicted octanol–water partition coefficient (Wildman–Crippen LogP) is 2.36. The van der Waals surface area contributed by atoms with Gasteiger partial charge in [0.1, 0.15) is 0 Å². The summed E-state index contributed by atoms with van der Waals surface area (Å²) >= 11 is 1.31. The van der Waals surface area contributed by atoms with Gasteiger partial charge in [-0.2, -0.15) is 8.75 Å². The molecule has 1 rings (SSSR count). The molecular formula is C7H12N2S. The molecule has 0 saturated heterocycles. The number of hydrogen-bond acceptors (Lipinski definition) is 3. The van der Waals surface area contributed by atoms with E-state index in [9.17, 15) is 0 Å². The van der Waals surface area contributed by atoms with Gasteiger partial charge in [-0.3, -0.25) is 0 Å². The van der Waals surface area contributed by atoms with Gasteiger partial charge in [0.2, 0.25) is 0 Å². The lowest BCUT2D eigenvalue weighted by Crippen LogP contribution is -1.93. The van der Waals surface area contributed by atoms with Crippen LogP contribution in [0.5, 0.6) is 0 Å². The van der Waals surface area contributed by atoms with Gasteiger partial charge in [0.25, 0.3) is 0 Å². The molecule has 56 valence electrons. The third kappa shape index (κ3) is 1.34. The molecule has 0 saturated carbocycles. The van der Waals surface area contributed by atoms with Crippen LogP contribution in [0.25, 0.3) is 0 Å². The summed E-state index contributed by atoms with van der Waals surface area (Å²) in [6.45, 7) is 6.37. The first-order valence-corrected chi connectivity index (χ1v) is 4.27. The van der Waals surface area contributed by atoms with Crippen molar-refractivity contribution in [1.82, 2.24) is 8.75 Å². The Bertz CT molecular complexity index is 207. The molecule has 0 fully saturated rings. The molecule has 0 aliphatic carbocycles. The number of hydrogen-bond donors (Lipinski definition) is 0. The normalized spacial score (nSPS) is 13.5. The van der Waals surface area contributed by atoms with Crippen molar-refractivity contribution < 1.29 is 0 Å². The highest BCUT2D eigenvalue weighted by atomic mass is 32.1. The molecule has 0 bridgehead atoms. The summed E-state index contributed by atoms with van der Waals surface area (Å²) < 4.78 is 8.33. The Kier molecular flexibility index (Phi) is 2.38. The Labute approximate surface area is 65.6 Å². The first-order valence-electron chi connectivity index (χ1n) is 3.54. The zero-order valence-corrected chi connectivity index (χ0v) is 7.40. The van der Waals surface area contributed by atoms with E-state index in [-0.39, 0.29) is 0 Å². The summed E-state index contributed by atoms with van der Waals surface area (Å²) in [4.78, 5) is 0. The SMILES string of the molecule is CCC(C)c1nsnc1C. The van der Waals surface area contributed by atoms with Crippen LogP contribution in [0.3, 0.4) is 0 Å². The van der Waals surface area contributed by atoms with Gasteiger partial charge >= 0.3 is 0 Å². The van der Waals surface area contributed by atoms with Crippen molar-refractivity contribution >= 4 is 11.7 Å². The topological polar surface area (TPSA) is 25.8 Å². The molecule has 1 aromatic heterocycles. The zero-order valence-electron chi connectivity index (χ0n) is 6.59. The van der Waals surface area contributed by atoms with Crippen LogP contribution in [0.15, 0.2) is 0 Å². The Morgan fingerprint density at radius 2 is 2.20 bits per heavy atom. The van der Waals surface area contributed by atoms with E-state index in [4.69, 9.17) is 0 Å². The Balaban J connectivity index is 2.82. The molecule has 1 unspecified atom stereocenters. The molecule has 0 amide bonds. The minimum absolute atomic E-state index is 0.568. The van der Waals surface area contributed by atoms with Crippen LogP contribution in [0.2, 0.25) is 0 Å². The van der Waals surface area contributed by atoms with Gasteiger partial charge in [0.05, 0.1) is 23.1 Å². The van der Waals surface area contributed by atoms with Crippen LogP contribution < -0.4 is 0 Å². The predicted molar refractivity (Wildman–Crippen MR) is 43.4 cm³/mol. The second kappa shape index (κ2) is 3.10. The molecule has 2 nitrogen and oxygen atoms in total. The monoisotopic (exact) mass is 156 g/mol. The van der Waals surface area contributed by atoms with E-state index in [1.165, 1.54) is 17.4 Å². The van der Waals surface area contributed by atoms with Crippen LogP contribution in [-0.2, 0) is 0 Å². The van der Waals surface area contributed by atoms with Crippen molar-refractivity contribution in [1.29, 1.82) is 0 Å². The molecule has 0 spiro atoms. The van der Waals surface area contributed by atoms with Gasteiger partial charge in [-0.25, -0.2) is 0 Å². The Morgan fingerprint density at radius 1 is 1.50 bits per heavy atom. The van der Waals surface area contributed by atoms with Gasteiger partial charge < -0.3 is 0 Å². The standard InChI is InChI=1S/C7H12N2S/c1-4-5(2)7-6(3)8-10-9-7/h5H,4H2,1-3H3. The van der Waals surface area contributed by atoms with Crippen LogP contribution in [0, 0.1) is 6.92 Å².